The summed E-state index contributed by atoms with van der Waals surface area (Å²) < 4.78 is 44.4. The first-order valence-electron chi connectivity index (χ1n) is 7.35. The topological polar surface area (TPSA) is 39.2 Å². The van der Waals surface area contributed by atoms with Gasteiger partial charge < -0.3 is 4.74 Å². The van der Waals surface area contributed by atoms with E-state index in [1.807, 2.05) is 0 Å². The standard InChI is InChI=1S/C19H12F3NO2/c20-19(21,22)14-9-10-17(15(12-14)16-8-4-5-11-23-16)25-18(24)13-6-2-1-3-7-13/h1-12H. The molecule has 0 saturated heterocycles. The van der Waals surface area contributed by atoms with Gasteiger partial charge in [-0.05, 0) is 42.5 Å². The van der Waals surface area contributed by atoms with Gasteiger partial charge in [0, 0.05) is 11.8 Å². The highest BCUT2D eigenvalue weighted by atomic mass is 19.4. The van der Waals surface area contributed by atoms with Crippen molar-refractivity contribution < 1.29 is 22.7 Å². The molecule has 3 nitrogen and oxygen atoms in total. The Kier molecular flexibility index (Phi) is 4.52. The number of carbonyl (C=O) groups excluding carboxylic acids is 1. The fourth-order valence-electron chi connectivity index (χ4n) is 2.25. The van der Waals surface area contributed by atoms with Crippen molar-refractivity contribution in [3.63, 3.8) is 0 Å². The minimum absolute atomic E-state index is 0.0144. The number of aromatic nitrogens is 1. The molecule has 0 atom stereocenters. The number of carbonyl (C=O) groups is 1. The number of rotatable bonds is 3. The Bertz CT molecular complexity index is 878. The van der Waals surface area contributed by atoms with Gasteiger partial charge in [-0.1, -0.05) is 24.3 Å². The molecule has 6 heteroatoms. The Morgan fingerprint density at radius 2 is 1.64 bits per heavy atom. The number of hydrogen-bond acceptors (Lipinski definition) is 3. The van der Waals surface area contributed by atoms with E-state index in [1.165, 1.54) is 6.20 Å². The Hall–Kier alpha value is -3.15. The molecule has 0 fully saturated rings. The van der Waals surface area contributed by atoms with Gasteiger partial charge in [-0.3, -0.25) is 4.98 Å². The highest BCUT2D eigenvalue weighted by Gasteiger charge is 2.31. The lowest BCUT2D eigenvalue weighted by atomic mass is 10.1. The molecule has 2 aromatic carbocycles. The summed E-state index contributed by atoms with van der Waals surface area (Å²) in [4.78, 5) is 16.3. The van der Waals surface area contributed by atoms with Crippen LogP contribution >= 0.6 is 0 Å². The second-order valence-electron chi connectivity index (χ2n) is 5.18. The minimum atomic E-state index is -4.51. The van der Waals surface area contributed by atoms with Crippen LogP contribution < -0.4 is 4.74 Å². The van der Waals surface area contributed by atoms with Gasteiger partial charge in [-0.15, -0.1) is 0 Å². The van der Waals surface area contributed by atoms with Crippen LogP contribution in [-0.4, -0.2) is 11.0 Å². The highest BCUT2D eigenvalue weighted by Crippen LogP contribution is 2.36. The zero-order chi connectivity index (χ0) is 17.9. The fourth-order valence-corrected chi connectivity index (χ4v) is 2.25. The molecule has 3 aromatic rings. The molecule has 3 rings (SSSR count). The summed E-state index contributed by atoms with van der Waals surface area (Å²) in [6.07, 6.45) is -3.05. The van der Waals surface area contributed by atoms with Crippen LogP contribution in [0.15, 0.2) is 72.9 Å². The molecule has 1 heterocycles. The van der Waals surface area contributed by atoms with Crippen molar-refractivity contribution in [1.82, 2.24) is 4.98 Å². The zero-order valence-electron chi connectivity index (χ0n) is 12.8. The van der Waals surface area contributed by atoms with E-state index < -0.39 is 17.7 Å². The van der Waals surface area contributed by atoms with E-state index in [9.17, 15) is 18.0 Å². The van der Waals surface area contributed by atoms with Crippen molar-refractivity contribution in [3.8, 4) is 17.0 Å². The van der Waals surface area contributed by atoms with E-state index in [0.717, 1.165) is 18.2 Å². The molecule has 0 spiro atoms. The van der Waals surface area contributed by atoms with Gasteiger partial charge >= 0.3 is 12.1 Å². The molecular formula is C19H12F3NO2. The summed E-state index contributed by atoms with van der Waals surface area (Å²) in [6.45, 7) is 0. The van der Waals surface area contributed by atoms with Crippen LogP contribution in [0.1, 0.15) is 15.9 Å². The van der Waals surface area contributed by atoms with Gasteiger partial charge in [-0.2, -0.15) is 13.2 Å². The maximum absolute atomic E-state index is 13.0. The number of benzene rings is 2. The molecule has 126 valence electrons. The first-order valence-corrected chi connectivity index (χ1v) is 7.35. The summed E-state index contributed by atoms with van der Waals surface area (Å²) in [6, 6.07) is 16.0. The van der Waals surface area contributed by atoms with E-state index in [2.05, 4.69) is 4.98 Å². The number of pyridine rings is 1. The maximum atomic E-state index is 13.0. The van der Waals surface area contributed by atoms with Gasteiger partial charge in [0.05, 0.1) is 16.8 Å². The summed E-state index contributed by atoms with van der Waals surface area (Å²) in [7, 11) is 0. The third kappa shape index (κ3) is 3.85. The van der Waals surface area contributed by atoms with Crippen molar-refractivity contribution in [1.29, 1.82) is 0 Å². The second-order valence-corrected chi connectivity index (χ2v) is 5.18. The summed E-state index contributed by atoms with van der Waals surface area (Å²) >= 11 is 0. The van der Waals surface area contributed by atoms with Crippen LogP contribution in [0.25, 0.3) is 11.3 Å². The van der Waals surface area contributed by atoms with Crippen LogP contribution in [0.3, 0.4) is 0 Å². The average molecular weight is 343 g/mol. The van der Waals surface area contributed by atoms with E-state index in [1.54, 1.807) is 48.5 Å². The van der Waals surface area contributed by atoms with Gasteiger partial charge in [0.2, 0.25) is 0 Å². The Morgan fingerprint density at radius 1 is 0.920 bits per heavy atom. The molecule has 0 N–H and O–H groups in total. The molecule has 0 saturated carbocycles. The largest absolute Gasteiger partial charge is 0.422 e. The predicted octanol–water partition coefficient (Wildman–Crippen LogP) is 4.99. The number of halogens is 3. The molecule has 0 aliphatic carbocycles. The maximum Gasteiger partial charge on any atom is 0.416 e. The normalized spacial score (nSPS) is 11.2. The quantitative estimate of drug-likeness (QED) is 0.497. The molecule has 0 amide bonds. The van der Waals surface area contributed by atoms with E-state index in [-0.39, 0.29) is 17.0 Å². The van der Waals surface area contributed by atoms with Gasteiger partial charge in [-0.25, -0.2) is 4.79 Å². The third-order valence-corrected chi connectivity index (χ3v) is 3.46. The summed E-state index contributed by atoms with van der Waals surface area (Å²) in [5, 5.41) is 0. The van der Waals surface area contributed by atoms with Crippen LogP contribution in [0.4, 0.5) is 13.2 Å². The van der Waals surface area contributed by atoms with Crippen molar-refractivity contribution in [2.75, 3.05) is 0 Å². The zero-order valence-corrected chi connectivity index (χ0v) is 12.8. The summed E-state index contributed by atoms with van der Waals surface area (Å²) in [5.74, 6) is -0.641. The predicted molar refractivity (Wildman–Crippen MR) is 86.1 cm³/mol. The number of ether oxygens (including phenoxy) is 1. The number of nitrogens with zero attached hydrogens (tertiary/aromatic N) is 1. The molecule has 0 bridgehead atoms. The molecule has 0 aliphatic rings. The first kappa shape index (κ1) is 16.7. The Morgan fingerprint density at radius 3 is 2.28 bits per heavy atom. The van der Waals surface area contributed by atoms with Crippen LogP contribution in [0.5, 0.6) is 5.75 Å². The third-order valence-electron chi connectivity index (χ3n) is 3.46. The Balaban J connectivity index is 2.02. The van der Waals surface area contributed by atoms with Gasteiger partial charge in [0.15, 0.2) is 0 Å². The molecular weight excluding hydrogens is 331 g/mol. The van der Waals surface area contributed by atoms with E-state index in [4.69, 9.17) is 4.74 Å². The number of esters is 1. The molecule has 25 heavy (non-hydrogen) atoms. The number of alkyl halides is 3. The van der Waals surface area contributed by atoms with E-state index in [0.29, 0.717) is 5.56 Å². The van der Waals surface area contributed by atoms with Crippen LogP contribution in [0, 0.1) is 0 Å². The molecule has 0 unspecified atom stereocenters. The monoisotopic (exact) mass is 343 g/mol. The van der Waals surface area contributed by atoms with Crippen LogP contribution in [0.2, 0.25) is 0 Å². The Labute approximate surface area is 141 Å². The molecule has 1 aromatic heterocycles. The molecule has 0 radical (unpaired) electrons. The summed E-state index contributed by atoms with van der Waals surface area (Å²) in [5.41, 5.74) is -0.161. The minimum Gasteiger partial charge on any atom is -0.422 e. The lowest BCUT2D eigenvalue weighted by molar-refractivity contribution is -0.137. The van der Waals surface area contributed by atoms with E-state index >= 15 is 0 Å². The van der Waals surface area contributed by atoms with Crippen molar-refractivity contribution in [2.24, 2.45) is 0 Å². The number of hydrogen-bond donors (Lipinski definition) is 0. The lowest BCUT2D eigenvalue weighted by Gasteiger charge is -2.13. The van der Waals surface area contributed by atoms with Gasteiger partial charge in [0.25, 0.3) is 0 Å². The average Bonchev–Trinajstić information content (AvgIpc) is 2.62. The van der Waals surface area contributed by atoms with Gasteiger partial charge in [0.1, 0.15) is 5.75 Å². The highest BCUT2D eigenvalue weighted by molar-refractivity contribution is 5.92. The smallest absolute Gasteiger partial charge is 0.416 e. The lowest BCUT2D eigenvalue weighted by Crippen LogP contribution is -2.10. The second kappa shape index (κ2) is 6.76. The van der Waals surface area contributed by atoms with Crippen LogP contribution in [-0.2, 0) is 6.18 Å². The molecule has 0 aliphatic heterocycles. The van der Waals surface area contributed by atoms with Crippen molar-refractivity contribution in [3.05, 3.63) is 84.1 Å². The van der Waals surface area contributed by atoms with Crippen molar-refractivity contribution in [2.45, 2.75) is 6.18 Å². The fraction of sp³-hybridized carbons (Fsp3) is 0.0526. The SMILES string of the molecule is O=C(Oc1ccc(C(F)(F)F)cc1-c1ccccn1)c1ccccc1. The van der Waals surface area contributed by atoms with Crippen molar-refractivity contribution >= 4 is 5.97 Å². The first-order chi connectivity index (χ1) is 11.9.